The Hall–Kier alpha value is -0.860. The van der Waals surface area contributed by atoms with Crippen molar-refractivity contribution in [3.8, 4) is 0 Å². The average Bonchev–Trinajstić information content (AvgIpc) is 2.34. The Morgan fingerprint density at radius 2 is 1.94 bits per heavy atom. The number of benzene rings is 1. The lowest BCUT2D eigenvalue weighted by Crippen LogP contribution is -2.50. The number of likely N-dealkylation sites (N-methyl/N-ethyl adjacent to an activating group) is 1. The average molecular weight is 254 g/mol. The van der Waals surface area contributed by atoms with E-state index < -0.39 is 5.54 Å². The molecule has 17 heavy (non-hydrogen) atoms. The van der Waals surface area contributed by atoms with E-state index in [0.717, 1.165) is 31.4 Å². The highest BCUT2D eigenvalue weighted by molar-refractivity contribution is 5.90. The third-order valence-electron chi connectivity index (χ3n) is 3.43. The summed E-state index contributed by atoms with van der Waals surface area (Å²) in [6.45, 7) is 2.90. The predicted octanol–water partition coefficient (Wildman–Crippen LogP) is 3.06. The van der Waals surface area contributed by atoms with Gasteiger partial charge in [0.15, 0.2) is 5.78 Å². The summed E-state index contributed by atoms with van der Waals surface area (Å²) < 4.78 is 0. The number of halogens is 1. The lowest BCUT2D eigenvalue weighted by Gasteiger charge is -2.37. The molecule has 1 saturated carbocycles. The second kappa shape index (κ2) is 6.18. The van der Waals surface area contributed by atoms with Gasteiger partial charge in [-0.1, -0.05) is 43.7 Å². The first kappa shape index (κ1) is 14.2. The maximum Gasteiger partial charge on any atom is 0.157 e. The summed E-state index contributed by atoms with van der Waals surface area (Å²) >= 11 is 0. The molecule has 0 radical (unpaired) electrons. The Morgan fingerprint density at radius 3 is 2.53 bits per heavy atom. The highest BCUT2D eigenvalue weighted by atomic mass is 35.5. The van der Waals surface area contributed by atoms with Crippen LogP contribution in [0.5, 0.6) is 0 Å². The number of Topliss-reactive ketones (excluding diaryl/α,β-unsaturated/α-hetero) is 1. The van der Waals surface area contributed by atoms with Crippen LogP contribution in [-0.4, -0.2) is 12.3 Å². The standard InChI is InChI=1S/C14H19NO.ClH/c1-2-15-14(11-7-6-10-13(14)16)12-8-4-3-5-9-12;/h3-5,8-9,15H,2,6-7,10-11H2,1H3;1H. The second-order valence-corrected chi connectivity index (χ2v) is 4.43. The van der Waals surface area contributed by atoms with E-state index in [9.17, 15) is 4.79 Å². The molecule has 1 aliphatic carbocycles. The van der Waals surface area contributed by atoms with E-state index in [1.807, 2.05) is 18.2 Å². The van der Waals surface area contributed by atoms with Crippen LogP contribution in [0.1, 0.15) is 38.2 Å². The van der Waals surface area contributed by atoms with Crippen LogP contribution in [0.2, 0.25) is 0 Å². The van der Waals surface area contributed by atoms with Gasteiger partial charge in [-0.15, -0.1) is 12.4 Å². The summed E-state index contributed by atoms with van der Waals surface area (Å²) in [5, 5.41) is 3.41. The molecule has 1 N–H and O–H groups in total. The molecule has 0 heterocycles. The third-order valence-corrected chi connectivity index (χ3v) is 3.43. The highest BCUT2D eigenvalue weighted by Gasteiger charge is 2.40. The summed E-state index contributed by atoms with van der Waals surface area (Å²) in [7, 11) is 0. The van der Waals surface area contributed by atoms with Crippen molar-refractivity contribution in [2.24, 2.45) is 0 Å². The van der Waals surface area contributed by atoms with Gasteiger partial charge in [0.25, 0.3) is 0 Å². The number of carbonyl (C=O) groups excluding carboxylic acids is 1. The molecule has 2 nitrogen and oxygen atoms in total. The van der Waals surface area contributed by atoms with Gasteiger partial charge in [0.05, 0.1) is 0 Å². The van der Waals surface area contributed by atoms with Crippen LogP contribution in [0.3, 0.4) is 0 Å². The van der Waals surface area contributed by atoms with E-state index in [2.05, 4.69) is 24.4 Å². The van der Waals surface area contributed by atoms with Crippen molar-refractivity contribution in [2.75, 3.05) is 6.54 Å². The minimum Gasteiger partial charge on any atom is -0.302 e. The molecule has 1 atom stereocenters. The normalized spacial score (nSPS) is 24.2. The largest absolute Gasteiger partial charge is 0.302 e. The summed E-state index contributed by atoms with van der Waals surface area (Å²) in [6.07, 6.45) is 3.82. The number of hydrogen-bond donors (Lipinski definition) is 1. The third kappa shape index (κ3) is 2.70. The molecule has 0 spiro atoms. The first-order valence-corrected chi connectivity index (χ1v) is 6.13. The molecule has 1 aromatic carbocycles. The van der Waals surface area contributed by atoms with Gasteiger partial charge in [0.1, 0.15) is 5.54 Å². The second-order valence-electron chi connectivity index (χ2n) is 4.43. The number of carbonyl (C=O) groups is 1. The monoisotopic (exact) mass is 253 g/mol. The Bertz CT molecular complexity index is 362. The van der Waals surface area contributed by atoms with E-state index in [0.29, 0.717) is 12.2 Å². The Kier molecular flexibility index (Phi) is 5.16. The van der Waals surface area contributed by atoms with Gasteiger partial charge in [-0.3, -0.25) is 4.79 Å². The van der Waals surface area contributed by atoms with Crippen LogP contribution in [0.25, 0.3) is 0 Å². The van der Waals surface area contributed by atoms with E-state index in [1.165, 1.54) is 0 Å². The first-order valence-electron chi connectivity index (χ1n) is 6.13. The zero-order chi connectivity index (χ0) is 11.4. The van der Waals surface area contributed by atoms with Gasteiger partial charge in [-0.2, -0.15) is 0 Å². The molecule has 1 aliphatic rings. The molecule has 0 bridgehead atoms. The zero-order valence-electron chi connectivity index (χ0n) is 10.2. The molecular weight excluding hydrogens is 234 g/mol. The van der Waals surface area contributed by atoms with Crippen LogP contribution >= 0.6 is 12.4 Å². The summed E-state index contributed by atoms with van der Waals surface area (Å²) in [5.41, 5.74) is 0.718. The van der Waals surface area contributed by atoms with Crippen LogP contribution in [0.15, 0.2) is 30.3 Å². The van der Waals surface area contributed by atoms with Crippen molar-refractivity contribution in [3.63, 3.8) is 0 Å². The molecule has 1 fully saturated rings. The first-order chi connectivity index (χ1) is 7.79. The Balaban J connectivity index is 0.00000144. The Morgan fingerprint density at radius 1 is 1.24 bits per heavy atom. The zero-order valence-corrected chi connectivity index (χ0v) is 11.1. The fourth-order valence-electron chi connectivity index (χ4n) is 2.65. The molecule has 1 unspecified atom stereocenters. The molecule has 0 aromatic heterocycles. The van der Waals surface area contributed by atoms with E-state index in [1.54, 1.807) is 0 Å². The van der Waals surface area contributed by atoms with Crippen molar-refractivity contribution in [1.82, 2.24) is 5.32 Å². The molecule has 1 aromatic rings. The molecular formula is C14H20ClNO. The van der Waals surface area contributed by atoms with Gasteiger partial charge >= 0.3 is 0 Å². The van der Waals surface area contributed by atoms with Crippen molar-refractivity contribution in [3.05, 3.63) is 35.9 Å². The molecule has 94 valence electrons. The molecule has 0 aliphatic heterocycles. The number of ketones is 1. The van der Waals surface area contributed by atoms with Gasteiger partial charge in [0, 0.05) is 6.42 Å². The fourth-order valence-corrected chi connectivity index (χ4v) is 2.65. The lowest BCUT2D eigenvalue weighted by molar-refractivity contribution is -0.128. The maximum absolute atomic E-state index is 12.2. The summed E-state index contributed by atoms with van der Waals surface area (Å²) in [6, 6.07) is 10.1. The SMILES string of the molecule is CCNC1(c2ccccc2)CCCCC1=O.Cl. The minimum absolute atomic E-state index is 0. The van der Waals surface area contributed by atoms with Crippen LogP contribution in [-0.2, 0) is 10.3 Å². The van der Waals surface area contributed by atoms with Crippen molar-refractivity contribution < 1.29 is 4.79 Å². The van der Waals surface area contributed by atoms with Gasteiger partial charge in [-0.25, -0.2) is 0 Å². The van der Waals surface area contributed by atoms with Gasteiger partial charge in [-0.05, 0) is 24.9 Å². The predicted molar refractivity (Wildman–Crippen MR) is 72.5 cm³/mol. The van der Waals surface area contributed by atoms with Crippen LogP contribution < -0.4 is 5.32 Å². The van der Waals surface area contributed by atoms with Crippen LogP contribution in [0, 0.1) is 0 Å². The molecule has 0 amide bonds. The summed E-state index contributed by atoms with van der Waals surface area (Å²) in [5.74, 6) is 0.354. The molecule has 3 heteroatoms. The van der Waals surface area contributed by atoms with E-state index in [-0.39, 0.29) is 12.4 Å². The van der Waals surface area contributed by atoms with Crippen LogP contribution in [0.4, 0.5) is 0 Å². The van der Waals surface area contributed by atoms with Gasteiger partial charge in [0.2, 0.25) is 0 Å². The fraction of sp³-hybridized carbons (Fsp3) is 0.500. The lowest BCUT2D eigenvalue weighted by atomic mass is 9.75. The van der Waals surface area contributed by atoms with Gasteiger partial charge < -0.3 is 5.32 Å². The topological polar surface area (TPSA) is 29.1 Å². The van der Waals surface area contributed by atoms with Crippen molar-refractivity contribution >= 4 is 18.2 Å². The Labute approximate surface area is 109 Å². The molecule has 0 saturated heterocycles. The number of rotatable bonds is 3. The maximum atomic E-state index is 12.2. The minimum atomic E-state index is -0.408. The van der Waals surface area contributed by atoms with E-state index >= 15 is 0 Å². The number of hydrogen-bond acceptors (Lipinski definition) is 2. The smallest absolute Gasteiger partial charge is 0.157 e. The van der Waals surface area contributed by atoms with E-state index in [4.69, 9.17) is 0 Å². The number of nitrogens with one attached hydrogen (secondary N) is 1. The highest BCUT2D eigenvalue weighted by Crippen LogP contribution is 2.34. The van der Waals surface area contributed by atoms with Crippen molar-refractivity contribution in [1.29, 1.82) is 0 Å². The summed E-state index contributed by atoms with van der Waals surface area (Å²) in [4.78, 5) is 12.2. The van der Waals surface area contributed by atoms with Crippen molar-refractivity contribution in [2.45, 2.75) is 38.1 Å². The quantitative estimate of drug-likeness (QED) is 0.897. The molecule has 2 rings (SSSR count).